The van der Waals surface area contributed by atoms with Crippen molar-refractivity contribution in [3.05, 3.63) is 11.6 Å². The van der Waals surface area contributed by atoms with Gasteiger partial charge in [-0.2, -0.15) is 0 Å². The molecular formula is C29H42O10. The molecule has 39 heavy (non-hydrogen) atoms. The number of aliphatic hydroxyl groups excluding tert-OH is 4. The minimum absolute atomic E-state index is 0.00392. The maximum Gasteiger partial charge on any atom is 0.331 e. The van der Waals surface area contributed by atoms with E-state index in [-0.39, 0.29) is 41.2 Å². The lowest BCUT2D eigenvalue weighted by Gasteiger charge is -2.63. The molecule has 10 nitrogen and oxygen atoms in total. The number of ether oxygens (including phenoxy) is 3. The van der Waals surface area contributed by atoms with Crippen LogP contribution in [-0.2, 0) is 23.8 Å². The van der Waals surface area contributed by atoms with Gasteiger partial charge in [-0.05, 0) is 87.0 Å². The highest BCUT2D eigenvalue weighted by Crippen LogP contribution is 2.69. The first kappa shape index (κ1) is 27.8. The Bertz CT molecular complexity index is 1010. The van der Waals surface area contributed by atoms with E-state index in [9.17, 15) is 35.1 Å². The van der Waals surface area contributed by atoms with Crippen molar-refractivity contribution in [2.75, 3.05) is 13.2 Å². The Kier molecular flexibility index (Phi) is 7.01. The predicted octanol–water partition coefficient (Wildman–Crippen LogP) is 0.608. The van der Waals surface area contributed by atoms with Crippen molar-refractivity contribution >= 4 is 12.3 Å². The van der Waals surface area contributed by atoms with Crippen LogP contribution in [0.25, 0.3) is 0 Å². The summed E-state index contributed by atoms with van der Waals surface area (Å²) in [5.41, 5.74) is -0.841. The number of esters is 1. The molecule has 0 aromatic carbocycles. The maximum absolute atomic E-state index is 12.9. The molecule has 0 radical (unpaired) electrons. The second kappa shape index (κ2) is 9.86. The van der Waals surface area contributed by atoms with Crippen LogP contribution in [0.5, 0.6) is 0 Å². The summed E-state index contributed by atoms with van der Waals surface area (Å²) in [5.74, 6) is -0.0737. The van der Waals surface area contributed by atoms with Crippen molar-refractivity contribution in [2.24, 2.45) is 34.5 Å². The molecule has 218 valence electrons. The number of rotatable bonds is 5. The predicted molar refractivity (Wildman–Crippen MR) is 135 cm³/mol. The zero-order chi connectivity index (χ0) is 27.7. The molecule has 1 saturated heterocycles. The Morgan fingerprint density at radius 3 is 2.51 bits per heavy atom. The summed E-state index contributed by atoms with van der Waals surface area (Å²) in [6.07, 6.45) is 2.30. The molecule has 6 rings (SSSR count). The van der Waals surface area contributed by atoms with Crippen molar-refractivity contribution < 1.29 is 49.3 Å². The SMILES string of the molecule is C[C@]12CC[C@H]3[C@@H](CC[C@@H]4C[C@@H](O[C@@H]5O[C@H](CO)[C@@H](O)[C@@H](O)[C@H]5O)CC[C@@]43C=O)[C@@]1(O)CC[C@@H]2C1=CC(=O)OC1. The van der Waals surface area contributed by atoms with E-state index >= 15 is 0 Å². The average molecular weight is 551 g/mol. The molecule has 13 atom stereocenters. The summed E-state index contributed by atoms with van der Waals surface area (Å²) in [4.78, 5) is 24.7. The molecular weight excluding hydrogens is 508 g/mol. The second-order valence-electron chi connectivity index (χ2n) is 13.2. The molecule has 0 amide bonds. The van der Waals surface area contributed by atoms with Gasteiger partial charge in [-0.25, -0.2) is 4.79 Å². The van der Waals surface area contributed by atoms with Crippen LogP contribution in [0.15, 0.2) is 11.6 Å². The fraction of sp³-hybridized carbons (Fsp3) is 0.862. The van der Waals surface area contributed by atoms with Gasteiger partial charge in [0.2, 0.25) is 0 Å². The van der Waals surface area contributed by atoms with E-state index < -0.39 is 48.3 Å². The molecule has 2 aliphatic heterocycles. The first-order valence-corrected chi connectivity index (χ1v) is 14.6. The average Bonchev–Trinajstić information content (AvgIpc) is 3.48. The summed E-state index contributed by atoms with van der Waals surface area (Å²) in [7, 11) is 0. The molecule has 0 aromatic rings. The summed E-state index contributed by atoms with van der Waals surface area (Å²) < 4.78 is 16.9. The number of hydrogen-bond acceptors (Lipinski definition) is 10. The van der Waals surface area contributed by atoms with Gasteiger partial charge in [-0.1, -0.05) is 6.92 Å². The Morgan fingerprint density at radius 2 is 1.82 bits per heavy atom. The van der Waals surface area contributed by atoms with Crippen LogP contribution in [0.2, 0.25) is 0 Å². The highest BCUT2D eigenvalue weighted by molar-refractivity contribution is 5.85. The van der Waals surface area contributed by atoms with Gasteiger partial charge >= 0.3 is 5.97 Å². The summed E-state index contributed by atoms with van der Waals surface area (Å²) in [5, 5.41) is 52.5. The second-order valence-corrected chi connectivity index (χ2v) is 13.2. The lowest BCUT2D eigenvalue weighted by molar-refractivity contribution is -0.316. The van der Waals surface area contributed by atoms with E-state index in [4.69, 9.17) is 14.2 Å². The third-order valence-electron chi connectivity index (χ3n) is 11.9. The van der Waals surface area contributed by atoms with Crippen molar-refractivity contribution in [1.82, 2.24) is 0 Å². The van der Waals surface area contributed by atoms with Gasteiger partial charge in [0.05, 0.1) is 18.3 Å². The van der Waals surface area contributed by atoms with Gasteiger partial charge < -0.3 is 44.5 Å². The molecule has 0 bridgehead atoms. The first-order chi connectivity index (χ1) is 18.6. The monoisotopic (exact) mass is 550 g/mol. The van der Waals surface area contributed by atoms with Crippen LogP contribution >= 0.6 is 0 Å². The van der Waals surface area contributed by atoms with Crippen molar-refractivity contribution in [2.45, 2.75) is 107 Å². The number of hydrogen-bond donors (Lipinski definition) is 5. The van der Waals surface area contributed by atoms with Crippen LogP contribution in [0.3, 0.4) is 0 Å². The zero-order valence-electron chi connectivity index (χ0n) is 22.5. The molecule has 0 unspecified atom stereocenters. The largest absolute Gasteiger partial charge is 0.458 e. The van der Waals surface area contributed by atoms with Crippen molar-refractivity contribution in [3.63, 3.8) is 0 Å². The lowest BCUT2D eigenvalue weighted by atomic mass is 9.43. The van der Waals surface area contributed by atoms with Crippen LogP contribution in [0, 0.1) is 34.5 Å². The summed E-state index contributed by atoms with van der Waals surface area (Å²) in [6, 6.07) is 0. The van der Waals surface area contributed by atoms with E-state index in [1.807, 2.05) is 0 Å². The van der Waals surface area contributed by atoms with E-state index in [2.05, 4.69) is 6.92 Å². The maximum atomic E-state index is 12.9. The Balaban J connectivity index is 1.18. The minimum atomic E-state index is -1.49. The molecule has 2 heterocycles. The number of aldehydes is 1. The number of aliphatic hydroxyl groups is 5. The quantitative estimate of drug-likeness (QED) is 0.186. The molecule has 10 heteroatoms. The smallest absolute Gasteiger partial charge is 0.331 e. The van der Waals surface area contributed by atoms with Crippen molar-refractivity contribution in [3.8, 4) is 0 Å². The summed E-state index contributed by atoms with van der Waals surface area (Å²) >= 11 is 0. The van der Waals surface area contributed by atoms with E-state index in [1.54, 1.807) is 6.08 Å². The Hall–Kier alpha value is -1.40. The molecule has 0 spiro atoms. The number of fused-ring (bicyclic) bond motifs is 5. The Morgan fingerprint density at radius 1 is 1.03 bits per heavy atom. The number of carbonyl (C=O) groups is 2. The van der Waals surface area contributed by atoms with Crippen LogP contribution in [-0.4, -0.2) is 93.4 Å². The topological polar surface area (TPSA) is 163 Å². The standard InChI is InChI=1S/C29H42O10/c1-27-7-5-19-20(29(27,36)9-6-18(27)15-10-22(32)37-13-15)3-2-16-11-17(4-8-28(16,19)14-31)38-26-25(35)24(34)23(33)21(12-30)39-26/h10,14,16-21,23-26,30,33-36H,2-9,11-13H2,1H3/t16-,17+,18-,19+,20-,21-,23-,24-,25-,26-,27-,28-,29+/m1/s1. The van der Waals surface area contributed by atoms with Gasteiger partial charge in [-0.3, -0.25) is 0 Å². The molecule has 4 saturated carbocycles. The molecule has 6 aliphatic rings. The first-order valence-electron chi connectivity index (χ1n) is 14.6. The van der Waals surface area contributed by atoms with Gasteiger partial charge in [-0.15, -0.1) is 0 Å². The fourth-order valence-electron chi connectivity index (χ4n) is 9.79. The zero-order valence-corrected chi connectivity index (χ0v) is 22.5. The molecule has 0 aromatic heterocycles. The fourth-order valence-corrected chi connectivity index (χ4v) is 9.79. The summed E-state index contributed by atoms with van der Waals surface area (Å²) in [6.45, 7) is 1.95. The molecule has 5 N–H and O–H groups in total. The van der Waals surface area contributed by atoms with Gasteiger partial charge in [0, 0.05) is 16.9 Å². The minimum Gasteiger partial charge on any atom is -0.458 e. The highest BCUT2D eigenvalue weighted by atomic mass is 16.7. The van der Waals surface area contributed by atoms with Gasteiger partial charge in [0.1, 0.15) is 37.3 Å². The van der Waals surface area contributed by atoms with Crippen LogP contribution in [0.4, 0.5) is 0 Å². The Labute approximate surface area is 228 Å². The lowest BCUT2D eigenvalue weighted by Crippen LogP contribution is -2.63. The van der Waals surface area contributed by atoms with Gasteiger partial charge in [0.15, 0.2) is 6.29 Å². The van der Waals surface area contributed by atoms with Gasteiger partial charge in [0.25, 0.3) is 0 Å². The number of carbonyl (C=O) groups excluding carboxylic acids is 2. The number of cyclic esters (lactones) is 1. The highest BCUT2D eigenvalue weighted by Gasteiger charge is 2.68. The third-order valence-corrected chi connectivity index (χ3v) is 11.9. The van der Waals surface area contributed by atoms with E-state index in [0.29, 0.717) is 32.3 Å². The molecule has 4 aliphatic carbocycles. The normalized spacial score (nSPS) is 53.3. The third kappa shape index (κ3) is 4.00. The van der Waals surface area contributed by atoms with E-state index in [1.165, 1.54) is 0 Å². The molecule has 5 fully saturated rings. The van der Waals surface area contributed by atoms with Crippen molar-refractivity contribution in [1.29, 1.82) is 0 Å². The van der Waals surface area contributed by atoms with Crippen LogP contribution < -0.4 is 0 Å². The van der Waals surface area contributed by atoms with Crippen LogP contribution in [0.1, 0.15) is 64.7 Å². The van der Waals surface area contributed by atoms with E-state index in [0.717, 1.165) is 44.0 Å².